The molecule has 0 bridgehead atoms. The molecule has 0 aliphatic heterocycles. The van der Waals surface area contributed by atoms with Crippen LogP contribution in [0.4, 0.5) is 5.69 Å². The molecule has 0 fully saturated rings. The molecule has 0 saturated carbocycles. The van der Waals surface area contributed by atoms with Crippen LogP contribution in [0.25, 0.3) is 11.0 Å². The lowest BCUT2D eigenvalue weighted by Crippen LogP contribution is -2.31. The quantitative estimate of drug-likeness (QED) is 0.409. The van der Waals surface area contributed by atoms with Gasteiger partial charge in [0.05, 0.1) is 26.3 Å². The second-order valence-electron chi connectivity index (χ2n) is 7.49. The molecule has 4 nitrogen and oxygen atoms in total. The second-order valence-corrected chi connectivity index (χ2v) is 7.49. The van der Waals surface area contributed by atoms with Crippen molar-refractivity contribution in [2.45, 2.75) is 26.8 Å². The summed E-state index contributed by atoms with van der Waals surface area (Å²) in [6.45, 7) is 4.61. The Labute approximate surface area is 176 Å². The Kier molecular flexibility index (Phi) is 5.57. The van der Waals surface area contributed by atoms with Crippen LogP contribution in [0.1, 0.15) is 22.3 Å². The van der Waals surface area contributed by atoms with Gasteiger partial charge in [-0.1, -0.05) is 42.5 Å². The Bertz CT molecular complexity index is 1160. The van der Waals surface area contributed by atoms with Crippen molar-refractivity contribution in [3.8, 4) is 5.75 Å². The van der Waals surface area contributed by atoms with E-state index in [9.17, 15) is 4.79 Å². The normalized spacial score (nSPS) is 10.9. The number of benzene rings is 3. The van der Waals surface area contributed by atoms with Gasteiger partial charge in [0.15, 0.2) is 0 Å². The molecule has 0 N–H and O–H groups in total. The number of rotatable bonds is 6. The first-order chi connectivity index (χ1) is 14.6. The number of methoxy groups -OCH3 is 1. The Hall–Kier alpha value is -3.53. The fourth-order valence-corrected chi connectivity index (χ4v) is 3.64. The molecule has 0 saturated heterocycles. The van der Waals surface area contributed by atoms with Crippen molar-refractivity contribution in [3.05, 3.63) is 95.2 Å². The molecule has 30 heavy (non-hydrogen) atoms. The number of anilines is 1. The number of furan rings is 1. The van der Waals surface area contributed by atoms with Crippen LogP contribution in [0.2, 0.25) is 0 Å². The third-order valence-corrected chi connectivity index (χ3v) is 5.55. The van der Waals surface area contributed by atoms with Gasteiger partial charge in [-0.3, -0.25) is 4.79 Å². The van der Waals surface area contributed by atoms with Gasteiger partial charge in [-0.25, -0.2) is 0 Å². The molecule has 4 rings (SSSR count). The molecule has 3 aromatic carbocycles. The minimum atomic E-state index is 0.0185. The van der Waals surface area contributed by atoms with Crippen molar-refractivity contribution in [1.29, 1.82) is 0 Å². The molecule has 4 aromatic rings. The number of carbonyl (C=O) groups excluding carboxylic acids is 1. The molecular weight excluding hydrogens is 374 g/mol. The highest BCUT2D eigenvalue weighted by Gasteiger charge is 2.20. The molecule has 1 heterocycles. The zero-order chi connectivity index (χ0) is 21.1. The summed E-state index contributed by atoms with van der Waals surface area (Å²) >= 11 is 0. The van der Waals surface area contributed by atoms with Crippen LogP contribution in [-0.4, -0.2) is 13.0 Å². The maximum absolute atomic E-state index is 13.4. The van der Waals surface area contributed by atoms with Crippen LogP contribution in [0.3, 0.4) is 0 Å². The van der Waals surface area contributed by atoms with Crippen LogP contribution in [-0.2, 0) is 17.8 Å². The number of amides is 1. The minimum absolute atomic E-state index is 0.0185. The van der Waals surface area contributed by atoms with Crippen molar-refractivity contribution >= 4 is 22.6 Å². The van der Waals surface area contributed by atoms with Crippen molar-refractivity contribution in [2.75, 3.05) is 12.0 Å². The van der Waals surface area contributed by atoms with E-state index in [1.807, 2.05) is 72.5 Å². The molecule has 0 aliphatic rings. The van der Waals surface area contributed by atoms with Crippen LogP contribution in [0.5, 0.6) is 5.75 Å². The number of carbonyl (C=O) groups is 1. The van der Waals surface area contributed by atoms with Crippen molar-refractivity contribution in [1.82, 2.24) is 0 Å². The summed E-state index contributed by atoms with van der Waals surface area (Å²) in [5.41, 5.74) is 5.97. The van der Waals surface area contributed by atoms with Gasteiger partial charge in [0, 0.05) is 16.6 Å². The first-order valence-corrected chi connectivity index (χ1v) is 10.0. The number of hydrogen-bond acceptors (Lipinski definition) is 3. The lowest BCUT2D eigenvalue weighted by Gasteiger charge is -2.23. The SMILES string of the molecule is COc1ccc(N(Cc2ccccc2)C(=O)Cc2coc3c(C)c(C)ccc23)cc1. The summed E-state index contributed by atoms with van der Waals surface area (Å²) < 4.78 is 11.1. The van der Waals surface area contributed by atoms with Gasteiger partial charge in [0.2, 0.25) is 5.91 Å². The average Bonchev–Trinajstić information content (AvgIpc) is 3.18. The summed E-state index contributed by atoms with van der Waals surface area (Å²) in [6, 6.07) is 21.7. The molecule has 0 spiro atoms. The van der Waals surface area contributed by atoms with Crippen LogP contribution >= 0.6 is 0 Å². The molecular formula is C26H25NO3. The van der Waals surface area contributed by atoms with Crippen LogP contribution in [0, 0.1) is 13.8 Å². The predicted molar refractivity (Wildman–Crippen MR) is 120 cm³/mol. The van der Waals surface area contributed by atoms with E-state index < -0.39 is 0 Å². The lowest BCUT2D eigenvalue weighted by molar-refractivity contribution is -0.118. The highest BCUT2D eigenvalue weighted by molar-refractivity contribution is 5.97. The molecule has 152 valence electrons. The maximum Gasteiger partial charge on any atom is 0.231 e. The number of aryl methyl sites for hydroxylation is 2. The van der Waals surface area contributed by atoms with E-state index in [1.54, 1.807) is 13.4 Å². The highest BCUT2D eigenvalue weighted by Crippen LogP contribution is 2.28. The van der Waals surface area contributed by atoms with E-state index in [0.29, 0.717) is 6.54 Å². The Morgan fingerprint density at radius 1 is 0.967 bits per heavy atom. The number of fused-ring (bicyclic) bond motifs is 1. The van der Waals surface area contributed by atoms with Gasteiger partial charge in [-0.15, -0.1) is 0 Å². The maximum atomic E-state index is 13.4. The first-order valence-electron chi connectivity index (χ1n) is 10.0. The van der Waals surface area contributed by atoms with E-state index in [1.165, 1.54) is 5.56 Å². The van der Waals surface area contributed by atoms with Gasteiger partial charge in [-0.05, 0) is 54.8 Å². The molecule has 0 radical (unpaired) electrons. The van der Waals surface area contributed by atoms with Gasteiger partial charge in [0.25, 0.3) is 0 Å². The monoisotopic (exact) mass is 399 g/mol. The predicted octanol–water partition coefficient (Wildman–Crippen LogP) is 5.83. The number of ether oxygens (including phenoxy) is 1. The molecule has 4 heteroatoms. The minimum Gasteiger partial charge on any atom is -0.497 e. The van der Waals surface area contributed by atoms with E-state index in [4.69, 9.17) is 9.15 Å². The second kappa shape index (κ2) is 8.46. The number of hydrogen-bond donors (Lipinski definition) is 0. The number of nitrogens with zero attached hydrogens (tertiary/aromatic N) is 1. The molecule has 0 unspecified atom stereocenters. The fourth-order valence-electron chi connectivity index (χ4n) is 3.64. The smallest absolute Gasteiger partial charge is 0.231 e. The van der Waals surface area contributed by atoms with E-state index in [-0.39, 0.29) is 12.3 Å². The zero-order valence-corrected chi connectivity index (χ0v) is 17.5. The van der Waals surface area contributed by atoms with Gasteiger partial charge in [0.1, 0.15) is 11.3 Å². The summed E-state index contributed by atoms with van der Waals surface area (Å²) in [7, 11) is 1.63. The lowest BCUT2D eigenvalue weighted by atomic mass is 10.0. The molecule has 1 aromatic heterocycles. The summed E-state index contributed by atoms with van der Waals surface area (Å²) in [6.07, 6.45) is 1.98. The van der Waals surface area contributed by atoms with Crippen molar-refractivity contribution < 1.29 is 13.9 Å². The highest BCUT2D eigenvalue weighted by atomic mass is 16.5. The molecule has 0 aliphatic carbocycles. The fraction of sp³-hybridized carbons (Fsp3) is 0.192. The summed E-state index contributed by atoms with van der Waals surface area (Å²) in [5, 5.41) is 1.00. The van der Waals surface area contributed by atoms with Crippen LogP contribution < -0.4 is 9.64 Å². The first kappa shape index (κ1) is 19.8. The summed E-state index contributed by atoms with van der Waals surface area (Å²) in [4.78, 5) is 15.2. The Morgan fingerprint density at radius 3 is 2.40 bits per heavy atom. The topological polar surface area (TPSA) is 42.7 Å². The van der Waals surface area contributed by atoms with E-state index >= 15 is 0 Å². The standard InChI is InChI=1S/C26H25NO3/c1-18-9-14-24-21(17-30-26(24)19(18)2)15-25(28)27(16-20-7-5-4-6-8-20)22-10-12-23(29-3)13-11-22/h4-14,17H,15-16H2,1-3H3. The zero-order valence-electron chi connectivity index (χ0n) is 17.5. The van der Waals surface area contributed by atoms with Crippen molar-refractivity contribution in [2.24, 2.45) is 0 Å². The van der Waals surface area contributed by atoms with E-state index in [2.05, 4.69) is 13.0 Å². The van der Waals surface area contributed by atoms with Gasteiger partial charge in [-0.2, -0.15) is 0 Å². The molecule has 1 amide bonds. The van der Waals surface area contributed by atoms with Crippen LogP contribution in [0.15, 0.2) is 77.4 Å². The average molecular weight is 399 g/mol. The van der Waals surface area contributed by atoms with E-state index in [0.717, 1.165) is 39.1 Å². The summed E-state index contributed by atoms with van der Waals surface area (Å²) in [5.74, 6) is 0.780. The molecule has 0 atom stereocenters. The third-order valence-electron chi connectivity index (χ3n) is 5.55. The van der Waals surface area contributed by atoms with Crippen molar-refractivity contribution in [3.63, 3.8) is 0 Å². The Morgan fingerprint density at radius 2 is 1.70 bits per heavy atom. The Balaban J connectivity index is 1.66. The van der Waals surface area contributed by atoms with Gasteiger partial charge < -0.3 is 14.1 Å². The van der Waals surface area contributed by atoms with Gasteiger partial charge >= 0.3 is 0 Å². The third kappa shape index (κ3) is 3.94. The largest absolute Gasteiger partial charge is 0.497 e.